The Labute approximate surface area is 300 Å². The number of likely N-dealkylation sites (tertiary alicyclic amines) is 1. The number of methoxy groups -OCH3 is 1. The maximum absolute atomic E-state index is 17.2. The Bertz CT molecular complexity index is 2070. The van der Waals surface area contributed by atoms with Crippen LogP contribution in [-0.4, -0.2) is 101 Å². The number of phenols is 1. The number of pyridine rings is 1. The zero-order valence-corrected chi connectivity index (χ0v) is 29.5. The van der Waals surface area contributed by atoms with Crippen LogP contribution in [-0.2, 0) is 9.47 Å². The number of halogens is 2. The molecule has 11 nitrogen and oxygen atoms in total. The highest BCUT2D eigenvalue weighted by molar-refractivity contribution is 6.04. The minimum Gasteiger partial charge on any atom is -0.508 e. The molecular formula is C39H43F2N5O6. The number of rotatable bonds is 8. The van der Waals surface area contributed by atoms with Gasteiger partial charge in [-0.2, -0.15) is 9.97 Å². The highest BCUT2D eigenvalue weighted by atomic mass is 19.1. The predicted molar refractivity (Wildman–Crippen MR) is 190 cm³/mol. The molecule has 5 heterocycles. The standard InChI is InChI=1S/C39H43F2N5O6/c1-4-26-28(40)11-10-23-18-24(47)19-27(30(23)26)33-32(41)34-31(36(42-33)49-3)35(46-15-17-52-38(2,48)21-46)44-37(43-34)51-22-39-12-5-9-29(39)45(14-7-13-39)20-25-8-6-16-50-25/h1,10-11,18-19,25,29,47-48H,5-9,12-17,20-22H2,2-3H3/t25-,29-,38-,39-/m1/s1. The van der Waals surface area contributed by atoms with Crippen molar-refractivity contribution in [2.75, 3.05) is 58.0 Å². The Morgan fingerprint density at radius 3 is 2.67 bits per heavy atom. The van der Waals surface area contributed by atoms with Crippen LogP contribution in [0.3, 0.4) is 0 Å². The fourth-order valence-electron chi connectivity index (χ4n) is 9.00. The summed E-state index contributed by atoms with van der Waals surface area (Å²) in [5, 5.41) is 22.3. The van der Waals surface area contributed by atoms with Gasteiger partial charge < -0.3 is 34.1 Å². The van der Waals surface area contributed by atoms with Gasteiger partial charge in [-0.1, -0.05) is 18.4 Å². The first-order chi connectivity index (χ1) is 25.1. The molecule has 0 amide bonds. The van der Waals surface area contributed by atoms with Crippen molar-refractivity contribution in [1.82, 2.24) is 19.9 Å². The Balaban J connectivity index is 1.25. The molecule has 0 bridgehead atoms. The van der Waals surface area contributed by atoms with Gasteiger partial charge in [0.05, 0.1) is 38.5 Å². The summed E-state index contributed by atoms with van der Waals surface area (Å²) in [6.07, 6.45) is 13.4. The first-order valence-electron chi connectivity index (χ1n) is 18.1. The van der Waals surface area contributed by atoms with Crippen LogP contribution >= 0.6 is 0 Å². The molecular weight excluding hydrogens is 672 g/mol. The van der Waals surface area contributed by atoms with E-state index in [-0.39, 0.29) is 81.2 Å². The molecule has 2 aromatic heterocycles. The monoisotopic (exact) mass is 715 g/mol. The van der Waals surface area contributed by atoms with Gasteiger partial charge in [0, 0.05) is 42.1 Å². The number of anilines is 1. The van der Waals surface area contributed by atoms with E-state index in [0.29, 0.717) is 24.6 Å². The number of phenolic OH excluding ortho intramolecular Hbond substituents is 1. The van der Waals surface area contributed by atoms with Crippen LogP contribution in [0.1, 0.15) is 57.4 Å². The van der Waals surface area contributed by atoms with Crippen LogP contribution in [0.25, 0.3) is 32.9 Å². The lowest BCUT2D eigenvalue weighted by Gasteiger charge is -2.46. The van der Waals surface area contributed by atoms with Gasteiger partial charge in [0.15, 0.2) is 11.6 Å². The topological polar surface area (TPSA) is 123 Å². The summed E-state index contributed by atoms with van der Waals surface area (Å²) < 4.78 is 56.1. The molecule has 52 heavy (non-hydrogen) atoms. The number of hydrogen-bond donors (Lipinski definition) is 2. The molecule has 0 radical (unpaired) electrons. The number of ether oxygens (including phenoxy) is 4. The molecule has 4 aliphatic rings. The number of aromatic hydroxyl groups is 1. The average molecular weight is 716 g/mol. The van der Waals surface area contributed by atoms with Crippen LogP contribution < -0.4 is 14.4 Å². The van der Waals surface area contributed by atoms with Crippen LogP contribution in [0.5, 0.6) is 17.6 Å². The summed E-state index contributed by atoms with van der Waals surface area (Å²) >= 11 is 0. The predicted octanol–water partition coefficient (Wildman–Crippen LogP) is 5.56. The van der Waals surface area contributed by atoms with Crippen LogP contribution in [0.2, 0.25) is 0 Å². The van der Waals surface area contributed by atoms with Gasteiger partial charge in [-0.05, 0) is 75.6 Å². The van der Waals surface area contributed by atoms with Gasteiger partial charge in [0.2, 0.25) is 5.88 Å². The molecule has 8 rings (SSSR count). The molecule has 2 N–H and O–H groups in total. The normalized spacial score (nSPS) is 26.5. The van der Waals surface area contributed by atoms with Gasteiger partial charge in [-0.25, -0.2) is 13.8 Å². The SMILES string of the molecule is C#Cc1c(F)ccc2cc(O)cc(-c3nc(OC)c4c(N5CCO[C@@](C)(O)C5)nc(OC[C@]56CCC[C@H]5N(C[C@H]5CCCO5)CCC6)nc4c3F)c12. The number of terminal acetylenes is 1. The second-order valence-electron chi connectivity index (χ2n) is 14.7. The first-order valence-corrected chi connectivity index (χ1v) is 18.1. The number of β-amino-alcohol motifs (C(OH)–C–C–N with tert-alkyl or cyclic N) is 1. The van der Waals surface area contributed by atoms with E-state index in [2.05, 4.69) is 20.8 Å². The second-order valence-corrected chi connectivity index (χ2v) is 14.7. The number of piperidine rings is 1. The number of hydrogen-bond acceptors (Lipinski definition) is 11. The van der Waals surface area contributed by atoms with E-state index < -0.39 is 17.4 Å². The molecule has 1 saturated carbocycles. The van der Waals surface area contributed by atoms with Crippen molar-refractivity contribution in [1.29, 1.82) is 0 Å². The third kappa shape index (κ3) is 6.15. The lowest BCUT2D eigenvalue weighted by molar-refractivity contribution is -0.193. The van der Waals surface area contributed by atoms with E-state index in [1.807, 2.05) is 0 Å². The molecule has 3 saturated heterocycles. The molecule has 274 valence electrons. The number of aliphatic hydroxyl groups is 1. The number of aromatic nitrogens is 3. The van der Waals surface area contributed by atoms with E-state index in [4.69, 9.17) is 30.4 Å². The molecule has 3 aliphatic heterocycles. The Morgan fingerprint density at radius 1 is 1.06 bits per heavy atom. The molecule has 1 aliphatic carbocycles. The number of morpholine rings is 1. The molecule has 4 fully saturated rings. The van der Waals surface area contributed by atoms with Crippen LogP contribution in [0.15, 0.2) is 24.3 Å². The van der Waals surface area contributed by atoms with Crippen molar-refractivity contribution in [3.63, 3.8) is 0 Å². The maximum atomic E-state index is 17.2. The van der Waals surface area contributed by atoms with Gasteiger partial charge in [0.25, 0.3) is 0 Å². The average Bonchev–Trinajstić information content (AvgIpc) is 3.81. The number of fused-ring (bicyclic) bond motifs is 3. The van der Waals surface area contributed by atoms with Crippen molar-refractivity contribution < 1.29 is 37.9 Å². The summed E-state index contributed by atoms with van der Waals surface area (Å²) in [6, 6.07) is 5.69. The highest BCUT2D eigenvalue weighted by Gasteiger charge is 2.49. The lowest BCUT2D eigenvalue weighted by Crippen LogP contribution is -2.53. The van der Waals surface area contributed by atoms with E-state index in [1.165, 1.54) is 31.4 Å². The maximum Gasteiger partial charge on any atom is 0.319 e. The van der Waals surface area contributed by atoms with Gasteiger partial charge in [-0.15, -0.1) is 6.42 Å². The van der Waals surface area contributed by atoms with Crippen molar-refractivity contribution in [3.8, 4) is 41.2 Å². The zero-order chi connectivity index (χ0) is 36.2. The van der Waals surface area contributed by atoms with E-state index in [9.17, 15) is 10.2 Å². The Hall–Kier alpha value is -4.35. The summed E-state index contributed by atoms with van der Waals surface area (Å²) in [7, 11) is 1.39. The van der Waals surface area contributed by atoms with Gasteiger partial charge in [-0.3, -0.25) is 4.90 Å². The molecule has 0 unspecified atom stereocenters. The second kappa shape index (κ2) is 13.6. The Morgan fingerprint density at radius 2 is 1.90 bits per heavy atom. The Kier molecular flexibility index (Phi) is 9.06. The quantitative estimate of drug-likeness (QED) is 0.223. The minimum absolute atomic E-state index is 0.0132. The summed E-state index contributed by atoms with van der Waals surface area (Å²) in [5.74, 6) is -0.598. The van der Waals surface area contributed by atoms with Crippen molar-refractivity contribution in [2.45, 2.75) is 69.8 Å². The molecule has 0 spiro atoms. The third-order valence-electron chi connectivity index (χ3n) is 11.3. The summed E-state index contributed by atoms with van der Waals surface area (Å²) in [5.41, 5.74) is -0.538. The first kappa shape index (κ1) is 34.7. The fourth-order valence-corrected chi connectivity index (χ4v) is 9.00. The van der Waals surface area contributed by atoms with Crippen molar-refractivity contribution >= 4 is 27.5 Å². The van der Waals surface area contributed by atoms with Crippen LogP contribution in [0, 0.1) is 29.4 Å². The highest BCUT2D eigenvalue weighted by Crippen LogP contribution is 2.49. The zero-order valence-electron chi connectivity index (χ0n) is 29.5. The van der Waals surface area contributed by atoms with Gasteiger partial charge >= 0.3 is 6.01 Å². The number of benzene rings is 2. The molecule has 2 aromatic carbocycles. The summed E-state index contributed by atoms with van der Waals surface area (Å²) in [4.78, 5) is 18.4. The van der Waals surface area contributed by atoms with Crippen LogP contribution in [0.4, 0.5) is 14.6 Å². The van der Waals surface area contributed by atoms with Gasteiger partial charge in [0.1, 0.15) is 34.0 Å². The smallest absolute Gasteiger partial charge is 0.319 e. The molecule has 13 heteroatoms. The third-order valence-corrected chi connectivity index (χ3v) is 11.3. The molecule has 4 aromatic rings. The lowest BCUT2D eigenvalue weighted by atomic mass is 9.75. The van der Waals surface area contributed by atoms with Crippen molar-refractivity contribution in [2.24, 2.45) is 5.41 Å². The van der Waals surface area contributed by atoms with E-state index >= 15 is 8.78 Å². The van der Waals surface area contributed by atoms with E-state index in [0.717, 1.165) is 64.6 Å². The largest absolute Gasteiger partial charge is 0.508 e. The fraction of sp³-hybridized carbons (Fsp3) is 0.513. The minimum atomic E-state index is -1.50. The summed E-state index contributed by atoms with van der Waals surface area (Å²) in [6.45, 7) is 5.20. The number of nitrogens with zero attached hydrogens (tertiary/aromatic N) is 5. The van der Waals surface area contributed by atoms with Crippen molar-refractivity contribution in [3.05, 3.63) is 41.5 Å². The van der Waals surface area contributed by atoms with E-state index in [1.54, 1.807) is 11.8 Å². The molecule has 4 atom stereocenters.